The van der Waals surface area contributed by atoms with Crippen LogP contribution in [0, 0.1) is 13.8 Å². The summed E-state index contributed by atoms with van der Waals surface area (Å²) in [6.07, 6.45) is 1.78. The van der Waals surface area contributed by atoms with E-state index in [1.165, 1.54) is 16.0 Å². The molecule has 0 unspecified atom stereocenters. The second-order valence-electron chi connectivity index (χ2n) is 5.09. The van der Waals surface area contributed by atoms with Crippen LogP contribution in [0.5, 0.6) is 5.75 Å². The Balaban J connectivity index is 2.04. The minimum Gasteiger partial charge on any atom is -0.480 e. The van der Waals surface area contributed by atoms with Crippen molar-refractivity contribution in [2.24, 2.45) is 0 Å². The topological polar surface area (TPSA) is 42.4 Å². The number of ether oxygens (including phenoxy) is 1. The second-order valence-corrected chi connectivity index (χ2v) is 5.09. The first-order valence-electron chi connectivity index (χ1n) is 6.53. The number of fused-ring (bicyclic) bond motifs is 1. The zero-order valence-electron chi connectivity index (χ0n) is 11.8. The first kappa shape index (κ1) is 12.7. The van der Waals surface area contributed by atoms with E-state index >= 15 is 0 Å². The minimum absolute atomic E-state index is 0.0710. The number of pyridine rings is 1. The molecule has 1 aromatic carbocycles. The summed E-state index contributed by atoms with van der Waals surface area (Å²) in [4.78, 5) is 17.4. The summed E-state index contributed by atoms with van der Waals surface area (Å²) in [6, 6.07) is 8.25. The normalized spacial score (nSPS) is 13.9. The van der Waals surface area contributed by atoms with Crippen molar-refractivity contribution in [2.45, 2.75) is 13.8 Å². The van der Waals surface area contributed by atoms with Gasteiger partial charge in [0.1, 0.15) is 0 Å². The Morgan fingerprint density at radius 2 is 1.95 bits per heavy atom. The number of aromatic nitrogens is 1. The molecule has 0 atom stereocenters. The lowest BCUT2D eigenvalue weighted by atomic mass is 10.0. The fraction of sp³-hybridized carbons (Fsp3) is 0.250. The number of aryl methyl sites for hydroxylation is 2. The van der Waals surface area contributed by atoms with E-state index in [0.29, 0.717) is 11.6 Å². The predicted octanol–water partition coefficient (Wildman–Crippen LogP) is 2.72. The summed E-state index contributed by atoms with van der Waals surface area (Å²) < 4.78 is 5.47. The molecule has 2 aromatic rings. The Morgan fingerprint density at radius 1 is 1.15 bits per heavy atom. The Morgan fingerprint density at radius 3 is 2.70 bits per heavy atom. The van der Waals surface area contributed by atoms with E-state index in [-0.39, 0.29) is 12.5 Å². The largest absolute Gasteiger partial charge is 0.480 e. The van der Waals surface area contributed by atoms with Gasteiger partial charge in [-0.3, -0.25) is 9.69 Å². The summed E-state index contributed by atoms with van der Waals surface area (Å²) in [6.45, 7) is 4.25. The lowest BCUT2D eigenvalue weighted by molar-refractivity contribution is -0.121. The van der Waals surface area contributed by atoms with E-state index in [2.05, 4.69) is 37.0 Å². The van der Waals surface area contributed by atoms with Crippen molar-refractivity contribution >= 4 is 11.7 Å². The molecule has 0 saturated carbocycles. The van der Waals surface area contributed by atoms with E-state index in [9.17, 15) is 4.79 Å². The van der Waals surface area contributed by atoms with Crippen molar-refractivity contribution in [2.75, 3.05) is 18.6 Å². The summed E-state index contributed by atoms with van der Waals surface area (Å²) in [5.41, 5.74) is 4.61. The Bertz CT molecular complexity index is 695. The van der Waals surface area contributed by atoms with Crippen LogP contribution >= 0.6 is 0 Å². The second kappa shape index (κ2) is 4.63. The molecule has 4 heteroatoms. The maximum atomic E-state index is 11.6. The van der Waals surface area contributed by atoms with E-state index in [1.807, 2.05) is 6.07 Å². The molecular formula is C16H16N2O2. The van der Waals surface area contributed by atoms with Gasteiger partial charge in [0.15, 0.2) is 18.2 Å². The summed E-state index contributed by atoms with van der Waals surface area (Å²) in [5, 5.41) is 0. The van der Waals surface area contributed by atoms with Gasteiger partial charge in [-0.1, -0.05) is 18.2 Å². The van der Waals surface area contributed by atoms with Crippen LogP contribution in [0.1, 0.15) is 11.1 Å². The number of likely N-dealkylation sites (N-methyl/N-ethyl adjacent to an activating group) is 1. The molecule has 0 aliphatic carbocycles. The number of benzene rings is 1. The molecular weight excluding hydrogens is 252 g/mol. The third kappa shape index (κ3) is 2.03. The zero-order chi connectivity index (χ0) is 14.3. The molecule has 0 radical (unpaired) electrons. The Labute approximate surface area is 118 Å². The maximum absolute atomic E-state index is 11.6. The maximum Gasteiger partial charge on any atom is 0.265 e. The van der Waals surface area contributed by atoms with Crippen LogP contribution in [0.15, 0.2) is 30.5 Å². The molecule has 0 fully saturated rings. The number of rotatable bonds is 1. The highest BCUT2D eigenvalue weighted by molar-refractivity contribution is 5.96. The number of carbonyl (C=O) groups excluding carboxylic acids is 1. The fourth-order valence-corrected chi connectivity index (χ4v) is 2.23. The molecule has 0 N–H and O–H groups in total. The summed E-state index contributed by atoms with van der Waals surface area (Å²) >= 11 is 0. The predicted molar refractivity (Wildman–Crippen MR) is 78.1 cm³/mol. The van der Waals surface area contributed by atoms with E-state index in [0.717, 1.165) is 11.1 Å². The van der Waals surface area contributed by atoms with Crippen molar-refractivity contribution in [1.82, 2.24) is 4.98 Å². The highest BCUT2D eigenvalue weighted by Crippen LogP contribution is 2.33. The number of amides is 1. The monoisotopic (exact) mass is 268 g/mol. The SMILES string of the molecule is Cc1ccc(-c2cnc3c(c2)OCC(=O)N3C)cc1C. The quantitative estimate of drug-likeness (QED) is 0.798. The van der Waals surface area contributed by atoms with E-state index < -0.39 is 0 Å². The molecule has 4 nitrogen and oxygen atoms in total. The van der Waals surface area contributed by atoms with Gasteiger partial charge in [-0.2, -0.15) is 0 Å². The molecule has 1 aromatic heterocycles. The number of hydrogen-bond donors (Lipinski definition) is 0. The number of hydrogen-bond acceptors (Lipinski definition) is 3. The molecule has 20 heavy (non-hydrogen) atoms. The Kier molecular flexibility index (Phi) is 2.93. The molecule has 0 spiro atoms. The highest BCUT2D eigenvalue weighted by Gasteiger charge is 2.23. The smallest absolute Gasteiger partial charge is 0.265 e. The summed E-state index contributed by atoms with van der Waals surface area (Å²) in [7, 11) is 1.71. The third-order valence-corrected chi connectivity index (χ3v) is 3.72. The van der Waals surface area contributed by atoms with Gasteiger partial charge in [-0.05, 0) is 36.6 Å². The van der Waals surface area contributed by atoms with Gasteiger partial charge in [-0.15, -0.1) is 0 Å². The van der Waals surface area contributed by atoms with Crippen LogP contribution < -0.4 is 9.64 Å². The zero-order valence-corrected chi connectivity index (χ0v) is 11.8. The van der Waals surface area contributed by atoms with Crippen molar-refractivity contribution < 1.29 is 9.53 Å². The van der Waals surface area contributed by atoms with E-state index in [4.69, 9.17) is 4.74 Å². The summed E-state index contributed by atoms with van der Waals surface area (Å²) in [5.74, 6) is 1.15. The molecule has 3 rings (SSSR count). The molecule has 102 valence electrons. The van der Waals surface area contributed by atoms with Gasteiger partial charge in [0.05, 0.1) is 0 Å². The van der Waals surface area contributed by atoms with Crippen molar-refractivity contribution in [3.8, 4) is 16.9 Å². The standard InChI is InChI=1S/C16H16N2O2/c1-10-4-5-12(6-11(10)2)13-7-14-16(17-8-13)18(3)15(19)9-20-14/h4-8H,9H2,1-3H3. The van der Waals surface area contributed by atoms with Crippen molar-refractivity contribution in [3.05, 3.63) is 41.6 Å². The van der Waals surface area contributed by atoms with Gasteiger partial charge < -0.3 is 4.74 Å². The highest BCUT2D eigenvalue weighted by atomic mass is 16.5. The van der Waals surface area contributed by atoms with Crippen LogP contribution in [0.2, 0.25) is 0 Å². The molecule has 2 heterocycles. The molecule has 1 amide bonds. The average Bonchev–Trinajstić information content (AvgIpc) is 2.45. The van der Waals surface area contributed by atoms with Crippen LogP contribution in [-0.2, 0) is 4.79 Å². The van der Waals surface area contributed by atoms with Crippen LogP contribution in [0.25, 0.3) is 11.1 Å². The van der Waals surface area contributed by atoms with Gasteiger partial charge in [0.2, 0.25) is 0 Å². The molecule has 1 aliphatic heterocycles. The average molecular weight is 268 g/mol. The fourth-order valence-electron chi connectivity index (χ4n) is 2.23. The van der Waals surface area contributed by atoms with Crippen molar-refractivity contribution in [3.63, 3.8) is 0 Å². The van der Waals surface area contributed by atoms with Gasteiger partial charge in [0.25, 0.3) is 5.91 Å². The Hall–Kier alpha value is -2.36. The first-order valence-corrected chi connectivity index (χ1v) is 6.53. The first-order chi connectivity index (χ1) is 9.56. The van der Waals surface area contributed by atoms with Crippen LogP contribution in [-0.4, -0.2) is 24.5 Å². The van der Waals surface area contributed by atoms with Crippen molar-refractivity contribution in [1.29, 1.82) is 0 Å². The minimum atomic E-state index is -0.0797. The van der Waals surface area contributed by atoms with Crippen LogP contribution in [0.4, 0.5) is 5.82 Å². The molecule has 0 saturated heterocycles. The van der Waals surface area contributed by atoms with Gasteiger partial charge in [-0.25, -0.2) is 4.98 Å². The number of carbonyl (C=O) groups is 1. The lowest BCUT2D eigenvalue weighted by Crippen LogP contribution is -2.36. The molecule has 1 aliphatic rings. The molecule has 0 bridgehead atoms. The lowest BCUT2D eigenvalue weighted by Gasteiger charge is -2.25. The van der Waals surface area contributed by atoms with Crippen LogP contribution in [0.3, 0.4) is 0 Å². The van der Waals surface area contributed by atoms with Gasteiger partial charge >= 0.3 is 0 Å². The number of anilines is 1. The van der Waals surface area contributed by atoms with Gasteiger partial charge in [0, 0.05) is 18.8 Å². The number of nitrogens with zero attached hydrogens (tertiary/aromatic N) is 2. The van der Waals surface area contributed by atoms with E-state index in [1.54, 1.807) is 13.2 Å². The third-order valence-electron chi connectivity index (χ3n) is 3.72.